The molecule has 0 saturated carbocycles. The highest BCUT2D eigenvalue weighted by Gasteiger charge is 2.16. The van der Waals surface area contributed by atoms with Crippen LogP contribution in [0.2, 0.25) is 0 Å². The second-order valence-electron chi connectivity index (χ2n) is 3.77. The molecule has 0 radical (unpaired) electrons. The van der Waals surface area contributed by atoms with Crippen molar-refractivity contribution >= 4 is 16.8 Å². The van der Waals surface area contributed by atoms with E-state index in [1.54, 1.807) is 31.2 Å². The summed E-state index contributed by atoms with van der Waals surface area (Å²) in [5, 5.41) is 0.611. The standard InChI is InChI=1S/C14H13FO2/c1-3-9(4-2)13(16)12-8-10-6-5-7-11(15)14(10)17-12/h3,5-8H,4H2,1-2H3/b9-3-. The Kier molecular flexibility index (Phi) is 3.09. The van der Waals surface area contributed by atoms with Gasteiger partial charge in [-0.1, -0.05) is 25.1 Å². The molecule has 0 fully saturated rings. The predicted molar refractivity (Wildman–Crippen MR) is 64.6 cm³/mol. The van der Waals surface area contributed by atoms with Crippen LogP contribution in [0.15, 0.2) is 40.3 Å². The molecule has 1 aromatic heterocycles. The monoisotopic (exact) mass is 232 g/mol. The van der Waals surface area contributed by atoms with Crippen LogP contribution in [0.25, 0.3) is 11.0 Å². The van der Waals surface area contributed by atoms with Gasteiger partial charge in [0.25, 0.3) is 0 Å². The van der Waals surface area contributed by atoms with E-state index in [0.29, 0.717) is 17.4 Å². The molecule has 0 spiro atoms. The van der Waals surface area contributed by atoms with E-state index in [1.165, 1.54) is 6.07 Å². The van der Waals surface area contributed by atoms with Gasteiger partial charge >= 0.3 is 0 Å². The number of para-hydroxylation sites is 1. The SMILES string of the molecule is C/C=C(/CC)C(=O)c1cc2cccc(F)c2o1. The first-order chi connectivity index (χ1) is 8.17. The van der Waals surface area contributed by atoms with E-state index in [-0.39, 0.29) is 17.1 Å². The molecule has 1 aromatic carbocycles. The molecule has 0 aliphatic heterocycles. The van der Waals surface area contributed by atoms with Crippen molar-refractivity contribution < 1.29 is 13.6 Å². The fourth-order valence-electron chi connectivity index (χ4n) is 1.79. The highest BCUT2D eigenvalue weighted by atomic mass is 19.1. The molecule has 0 amide bonds. The molecule has 0 atom stereocenters. The number of hydrogen-bond donors (Lipinski definition) is 0. The van der Waals surface area contributed by atoms with Crippen molar-refractivity contribution in [2.75, 3.05) is 0 Å². The number of carbonyl (C=O) groups is 1. The summed E-state index contributed by atoms with van der Waals surface area (Å²) in [6.07, 6.45) is 2.39. The normalized spacial score (nSPS) is 12.1. The fraction of sp³-hybridized carbons (Fsp3) is 0.214. The van der Waals surface area contributed by atoms with Gasteiger partial charge in [-0.25, -0.2) is 4.39 Å². The molecule has 17 heavy (non-hydrogen) atoms. The van der Waals surface area contributed by atoms with Gasteiger partial charge in [-0.3, -0.25) is 4.79 Å². The van der Waals surface area contributed by atoms with Gasteiger partial charge in [-0.2, -0.15) is 0 Å². The third kappa shape index (κ3) is 2.00. The maximum atomic E-state index is 13.4. The number of benzene rings is 1. The number of rotatable bonds is 3. The van der Waals surface area contributed by atoms with Gasteiger partial charge < -0.3 is 4.42 Å². The first kappa shape index (κ1) is 11.6. The second-order valence-corrected chi connectivity index (χ2v) is 3.77. The van der Waals surface area contributed by atoms with Gasteiger partial charge in [0.1, 0.15) is 0 Å². The van der Waals surface area contributed by atoms with Crippen LogP contribution in [-0.2, 0) is 0 Å². The number of ketones is 1. The summed E-state index contributed by atoms with van der Waals surface area (Å²) in [6.45, 7) is 3.70. The molecule has 0 N–H and O–H groups in total. The summed E-state index contributed by atoms with van der Waals surface area (Å²) in [7, 11) is 0. The van der Waals surface area contributed by atoms with Crippen molar-refractivity contribution in [1.82, 2.24) is 0 Å². The van der Waals surface area contributed by atoms with Crippen LogP contribution in [-0.4, -0.2) is 5.78 Å². The molecule has 2 nitrogen and oxygen atoms in total. The van der Waals surface area contributed by atoms with Crippen molar-refractivity contribution in [3.8, 4) is 0 Å². The molecule has 0 aliphatic rings. The molecule has 88 valence electrons. The Morgan fingerprint density at radius 2 is 2.24 bits per heavy atom. The van der Waals surface area contributed by atoms with Crippen LogP contribution in [0, 0.1) is 5.82 Å². The zero-order valence-corrected chi connectivity index (χ0v) is 9.79. The Morgan fingerprint density at radius 1 is 1.47 bits per heavy atom. The smallest absolute Gasteiger partial charge is 0.223 e. The summed E-state index contributed by atoms with van der Waals surface area (Å²) in [5.41, 5.74) is 0.812. The number of allylic oxidation sites excluding steroid dienone is 2. The van der Waals surface area contributed by atoms with E-state index < -0.39 is 5.82 Å². The molecule has 0 saturated heterocycles. The Hall–Kier alpha value is -1.90. The van der Waals surface area contributed by atoms with E-state index >= 15 is 0 Å². The fourth-order valence-corrected chi connectivity index (χ4v) is 1.79. The number of Topliss-reactive ketones (excluding diaryl/α,β-unsaturated/α-hetero) is 1. The highest BCUT2D eigenvalue weighted by molar-refractivity contribution is 6.08. The van der Waals surface area contributed by atoms with E-state index in [4.69, 9.17) is 4.42 Å². The quantitative estimate of drug-likeness (QED) is 0.588. The third-order valence-corrected chi connectivity index (χ3v) is 2.74. The lowest BCUT2D eigenvalue weighted by Crippen LogP contribution is -2.00. The van der Waals surface area contributed by atoms with E-state index in [1.807, 2.05) is 6.92 Å². The van der Waals surface area contributed by atoms with Crippen LogP contribution < -0.4 is 0 Å². The summed E-state index contributed by atoms with van der Waals surface area (Å²) < 4.78 is 18.7. The van der Waals surface area contributed by atoms with E-state index in [2.05, 4.69) is 0 Å². The lowest BCUT2D eigenvalue weighted by molar-refractivity contribution is 0.100. The van der Waals surface area contributed by atoms with Gasteiger partial charge in [0, 0.05) is 5.39 Å². The number of hydrogen-bond acceptors (Lipinski definition) is 2. The van der Waals surface area contributed by atoms with Crippen molar-refractivity contribution in [3.63, 3.8) is 0 Å². The average molecular weight is 232 g/mol. The molecule has 2 rings (SSSR count). The van der Waals surface area contributed by atoms with Crippen molar-refractivity contribution in [1.29, 1.82) is 0 Å². The minimum atomic E-state index is -0.444. The van der Waals surface area contributed by atoms with E-state index in [9.17, 15) is 9.18 Å². The number of carbonyl (C=O) groups excluding carboxylic acids is 1. The van der Waals surface area contributed by atoms with Crippen LogP contribution in [0.3, 0.4) is 0 Å². The maximum Gasteiger partial charge on any atom is 0.223 e. The van der Waals surface area contributed by atoms with E-state index in [0.717, 1.165) is 0 Å². The Morgan fingerprint density at radius 3 is 2.82 bits per heavy atom. The number of fused-ring (bicyclic) bond motifs is 1. The topological polar surface area (TPSA) is 30.2 Å². The van der Waals surface area contributed by atoms with Crippen molar-refractivity contribution in [2.45, 2.75) is 20.3 Å². The Balaban J connectivity index is 2.51. The van der Waals surface area contributed by atoms with Crippen LogP contribution >= 0.6 is 0 Å². The van der Waals surface area contributed by atoms with Gasteiger partial charge in [0.15, 0.2) is 17.2 Å². The first-order valence-corrected chi connectivity index (χ1v) is 5.55. The minimum absolute atomic E-state index is 0.141. The molecule has 3 heteroatoms. The van der Waals surface area contributed by atoms with Crippen molar-refractivity contribution in [2.24, 2.45) is 0 Å². The largest absolute Gasteiger partial charge is 0.449 e. The molecular formula is C14H13FO2. The minimum Gasteiger partial charge on any atom is -0.449 e. The first-order valence-electron chi connectivity index (χ1n) is 5.55. The Bertz CT molecular complexity index is 593. The highest BCUT2D eigenvalue weighted by Crippen LogP contribution is 2.24. The summed E-state index contributed by atoms with van der Waals surface area (Å²) in [5.74, 6) is -0.425. The molecule has 0 bridgehead atoms. The summed E-state index contributed by atoms with van der Waals surface area (Å²) in [4.78, 5) is 12.0. The Labute approximate surface area is 98.7 Å². The van der Waals surface area contributed by atoms with Gasteiger partial charge in [0.05, 0.1) is 0 Å². The second kappa shape index (κ2) is 4.53. The van der Waals surface area contributed by atoms with Crippen LogP contribution in [0.1, 0.15) is 30.8 Å². The average Bonchev–Trinajstić information content (AvgIpc) is 2.76. The van der Waals surface area contributed by atoms with Gasteiger partial charge in [-0.05, 0) is 31.1 Å². The lowest BCUT2D eigenvalue weighted by atomic mass is 10.1. The summed E-state index contributed by atoms with van der Waals surface area (Å²) >= 11 is 0. The molecule has 1 heterocycles. The van der Waals surface area contributed by atoms with Crippen LogP contribution in [0.5, 0.6) is 0 Å². The zero-order chi connectivity index (χ0) is 12.4. The van der Waals surface area contributed by atoms with Gasteiger partial charge in [0.2, 0.25) is 5.78 Å². The number of halogens is 1. The van der Waals surface area contributed by atoms with Crippen molar-refractivity contribution in [3.05, 3.63) is 47.5 Å². The molecule has 0 unspecified atom stereocenters. The van der Waals surface area contributed by atoms with Crippen LogP contribution in [0.4, 0.5) is 4.39 Å². The number of furan rings is 1. The van der Waals surface area contributed by atoms with Gasteiger partial charge in [-0.15, -0.1) is 0 Å². The third-order valence-electron chi connectivity index (χ3n) is 2.74. The maximum absolute atomic E-state index is 13.4. The molecular weight excluding hydrogens is 219 g/mol. The zero-order valence-electron chi connectivity index (χ0n) is 9.79. The predicted octanol–water partition coefficient (Wildman–Crippen LogP) is 4.11. The molecule has 0 aliphatic carbocycles. The summed E-state index contributed by atoms with van der Waals surface area (Å²) in [6, 6.07) is 6.22. The molecule has 2 aromatic rings. The lowest BCUT2D eigenvalue weighted by Gasteiger charge is -1.98.